The zero-order chi connectivity index (χ0) is 16.7. The van der Waals surface area contributed by atoms with Crippen molar-refractivity contribution >= 4 is 11.6 Å². The molecule has 1 aromatic heterocycles. The second-order valence-electron chi connectivity index (χ2n) is 7.05. The van der Waals surface area contributed by atoms with Crippen LogP contribution in [-0.4, -0.2) is 40.0 Å². The summed E-state index contributed by atoms with van der Waals surface area (Å²) in [5.74, 6) is 0.912. The molecule has 1 spiro atoms. The molecule has 6 heteroatoms. The molecular weight excluding hydrogens is 307 g/mol. The summed E-state index contributed by atoms with van der Waals surface area (Å²) in [5, 5.41) is 0. The fraction of sp³-hybridized carbons (Fsp3) is 0.444. The predicted octanol–water partition coefficient (Wildman–Crippen LogP) is 2.19. The molecular formula is C18H21FN4O. The van der Waals surface area contributed by atoms with Crippen LogP contribution in [-0.2, 0) is 18.4 Å². The van der Waals surface area contributed by atoms with Crippen LogP contribution in [0.15, 0.2) is 36.7 Å². The number of amides is 1. The third-order valence-electron chi connectivity index (χ3n) is 5.26. The van der Waals surface area contributed by atoms with Gasteiger partial charge in [-0.2, -0.15) is 0 Å². The monoisotopic (exact) mass is 328 g/mol. The van der Waals surface area contributed by atoms with E-state index in [0.717, 1.165) is 37.6 Å². The third-order valence-corrected chi connectivity index (χ3v) is 5.26. The number of nitrogens with zero attached hydrogens (tertiary/aromatic N) is 4. The molecule has 0 aliphatic carbocycles. The lowest BCUT2D eigenvalue weighted by Gasteiger charge is -2.24. The number of halogens is 1. The maximum Gasteiger partial charge on any atom is 0.227 e. The van der Waals surface area contributed by atoms with Crippen LogP contribution in [0.3, 0.4) is 0 Å². The minimum atomic E-state index is -0.276. The molecule has 2 aliphatic heterocycles. The molecule has 0 N–H and O–H groups in total. The highest BCUT2D eigenvalue weighted by Gasteiger charge is 2.47. The number of benzene rings is 1. The average Bonchev–Trinajstić information content (AvgIpc) is 3.22. The van der Waals surface area contributed by atoms with Gasteiger partial charge in [-0.25, -0.2) is 9.37 Å². The number of aryl methyl sites for hydroxylation is 1. The highest BCUT2D eigenvalue weighted by atomic mass is 19.1. The Balaban J connectivity index is 1.46. The first-order valence-electron chi connectivity index (χ1n) is 8.29. The van der Waals surface area contributed by atoms with Crippen molar-refractivity contribution in [3.05, 3.63) is 48.3 Å². The lowest BCUT2D eigenvalue weighted by Crippen LogP contribution is -2.31. The Bertz CT molecular complexity index is 757. The van der Waals surface area contributed by atoms with Gasteiger partial charge in [-0.1, -0.05) is 0 Å². The molecule has 126 valence electrons. The second kappa shape index (κ2) is 5.70. The summed E-state index contributed by atoms with van der Waals surface area (Å²) in [4.78, 5) is 21.1. The molecule has 2 saturated heterocycles. The van der Waals surface area contributed by atoms with E-state index in [1.807, 2.05) is 28.9 Å². The van der Waals surface area contributed by atoms with Crippen molar-refractivity contribution in [1.29, 1.82) is 0 Å². The Morgan fingerprint density at radius 1 is 1.25 bits per heavy atom. The average molecular weight is 328 g/mol. The zero-order valence-corrected chi connectivity index (χ0v) is 13.8. The van der Waals surface area contributed by atoms with Crippen LogP contribution >= 0.6 is 0 Å². The van der Waals surface area contributed by atoms with Gasteiger partial charge in [0.25, 0.3) is 0 Å². The van der Waals surface area contributed by atoms with Crippen LogP contribution < -0.4 is 4.90 Å². The molecule has 4 rings (SSSR count). The molecule has 2 aromatic rings. The smallest absolute Gasteiger partial charge is 0.227 e. The Labute approximate surface area is 140 Å². The quantitative estimate of drug-likeness (QED) is 0.867. The van der Waals surface area contributed by atoms with Gasteiger partial charge >= 0.3 is 0 Å². The normalized spacial score (nSPS) is 24.4. The largest absolute Gasteiger partial charge is 0.337 e. The van der Waals surface area contributed by atoms with E-state index in [0.29, 0.717) is 13.0 Å². The summed E-state index contributed by atoms with van der Waals surface area (Å²) < 4.78 is 15.1. The van der Waals surface area contributed by atoms with Crippen molar-refractivity contribution in [2.75, 3.05) is 24.5 Å². The topological polar surface area (TPSA) is 41.4 Å². The van der Waals surface area contributed by atoms with Crippen LogP contribution in [0.4, 0.5) is 10.1 Å². The van der Waals surface area contributed by atoms with Gasteiger partial charge < -0.3 is 9.47 Å². The number of carbonyl (C=O) groups excluding carboxylic acids is 1. The summed E-state index contributed by atoms with van der Waals surface area (Å²) in [7, 11) is 2.00. The van der Waals surface area contributed by atoms with Crippen molar-refractivity contribution in [2.24, 2.45) is 12.5 Å². The molecule has 24 heavy (non-hydrogen) atoms. The number of imidazole rings is 1. The molecule has 1 amide bonds. The van der Waals surface area contributed by atoms with Crippen LogP contribution in [0.25, 0.3) is 0 Å². The SMILES string of the molecule is Cn1ccnc1CN1CCC2(CC(=O)N(c3ccc(F)cc3)C2)C1. The Hall–Kier alpha value is -2.21. The molecule has 1 aromatic carbocycles. The molecule has 3 heterocycles. The zero-order valence-electron chi connectivity index (χ0n) is 13.8. The standard InChI is InChI=1S/C18H21FN4O/c1-21-9-7-20-16(21)11-22-8-6-18(12-22)10-17(24)23(13-18)15-4-2-14(19)3-5-15/h2-5,7,9H,6,8,10-13H2,1H3. The van der Waals surface area contributed by atoms with Gasteiger partial charge in [0.2, 0.25) is 5.91 Å². The van der Waals surface area contributed by atoms with Crippen molar-refractivity contribution in [3.8, 4) is 0 Å². The number of carbonyl (C=O) groups is 1. The maximum absolute atomic E-state index is 13.1. The Morgan fingerprint density at radius 3 is 2.75 bits per heavy atom. The van der Waals surface area contributed by atoms with E-state index >= 15 is 0 Å². The van der Waals surface area contributed by atoms with Gasteiger partial charge in [-0.3, -0.25) is 9.69 Å². The van der Waals surface area contributed by atoms with E-state index in [1.54, 1.807) is 12.1 Å². The second-order valence-corrected chi connectivity index (χ2v) is 7.05. The molecule has 2 aliphatic rings. The van der Waals surface area contributed by atoms with E-state index in [-0.39, 0.29) is 17.1 Å². The van der Waals surface area contributed by atoms with Crippen molar-refractivity contribution < 1.29 is 9.18 Å². The fourth-order valence-electron chi connectivity index (χ4n) is 3.94. The van der Waals surface area contributed by atoms with Crippen LogP contribution in [0, 0.1) is 11.2 Å². The number of likely N-dealkylation sites (tertiary alicyclic amines) is 1. The van der Waals surface area contributed by atoms with E-state index < -0.39 is 0 Å². The number of anilines is 1. The molecule has 5 nitrogen and oxygen atoms in total. The highest BCUT2D eigenvalue weighted by Crippen LogP contribution is 2.42. The molecule has 0 saturated carbocycles. The van der Waals surface area contributed by atoms with Crippen molar-refractivity contribution in [2.45, 2.75) is 19.4 Å². The van der Waals surface area contributed by atoms with Crippen LogP contribution in [0.2, 0.25) is 0 Å². The summed E-state index contributed by atoms with van der Waals surface area (Å²) in [5.41, 5.74) is 0.803. The van der Waals surface area contributed by atoms with Crippen LogP contribution in [0.1, 0.15) is 18.7 Å². The lowest BCUT2D eigenvalue weighted by atomic mass is 9.86. The first-order valence-corrected chi connectivity index (χ1v) is 8.29. The van der Waals surface area contributed by atoms with Crippen LogP contribution in [0.5, 0.6) is 0 Å². The Morgan fingerprint density at radius 2 is 2.04 bits per heavy atom. The summed E-state index contributed by atoms with van der Waals surface area (Å²) in [6.07, 6.45) is 5.36. The number of hydrogen-bond donors (Lipinski definition) is 0. The third kappa shape index (κ3) is 2.71. The van der Waals surface area contributed by atoms with Gasteiger partial charge in [-0.15, -0.1) is 0 Å². The minimum Gasteiger partial charge on any atom is -0.337 e. The lowest BCUT2D eigenvalue weighted by molar-refractivity contribution is -0.117. The van der Waals surface area contributed by atoms with Gasteiger partial charge in [0.1, 0.15) is 11.6 Å². The molecule has 1 atom stereocenters. The van der Waals surface area contributed by atoms with Gasteiger partial charge in [0.15, 0.2) is 0 Å². The number of hydrogen-bond acceptors (Lipinski definition) is 3. The fourth-order valence-corrected chi connectivity index (χ4v) is 3.94. The van der Waals surface area contributed by atoms with Gasteiger partial charge in [0.05, 0.1) is 6.54 Å². The molecule has 0 radical (unpaired) electrons. The highest BCUT2D eigenvalue weighted by molar-refractivity contribution is 5.96. The molecule has 2 fully saturated rings. The van der Waals surface area contributed by atoms with E-state index in [1.165, 1.54) is 12.1 Å². The molecule has 0 bridgehead atoms. The first-order chi connectivity index (χ1) is 11.5. The predicted molar refractivity (Wildman–Crippen MR) is 88.9 cm³/mol. The van der Waals surface area contributed by atoms with Crippen molar-refractivity contribution in [3.63, 3.8) is 0 Å². The summed E-state index contributed by atoms with van der Waals surface area (Å²) in [6.45, 7) is 3.42. The molecule has 1 unspecified atom stereocenters. The number of aromatic nitrogens is 2. The first kappa shape index (κ1) is 15.3. The van der Waals surface area contributed by atoms with Gasteiger partial charge in [-0.05, 0) is 37.2 Å². The van der Waals surface area contributed by atoms with Crippen molar-refractivity contribution in [1.82, 2.24) is 14.5 Å². The summed E-state index contributed by atoms with van der Waals surface area (Å²) >= 11 is 0. The number of rotatable bonds is 3. The van der Waals surface area contributed by atoms with Gasteiger partial charge in [0, 0.05) is 50.1 Å². The maximum atomic E-state index is 13.1. The summed E-state index contributed by atoms with van der Waals surface area (Å²) in [6, 6.07) is 6.20. The van der Waals surface area contributed by atoms with E-state index in [9.17, 15) is 9.18 Å². The minimum absolute atomic E-state index is 0.0105. The van der Waals surface area contributed by atoms with E-state index in [2.05, 4.69) is 9.88 Å². The Kier molecular flexibility index (Phi) is 3.64. The van der Waals surface area contributed by atoms with E-state index in [4.69, 9.17) is 0 Å².